The summed E-state index contributed by atoms with van der Waals surface area (Å²) in [6.07, 6.45) is 1.70. The molecule has 0 radical (unpaired) electrons. The molecule has 1 heterocycles. The maximum absolute atomic E-state index is 6.12. The van der Waals surface area contributed by atoms with E-state index in [0.29, 0.717) is 0 Å². The van der Waals surface area contributed by atoms with Gasteiger partial charge in [0.1, 0.15) is 5.76 Å². The van der Waals surface area contributed by atoms with Gasteiger partial charge in [-0.15, -0.1) is 0 Å². The SMILES string of the molecule is CCN(Cc1ccco1)c1cccc(C)c1N. The zero-order valence-corrected chi connectivity index (χ0v) is 10.3. The van der Waals surface area contributed by atoms with E-state index in [4.69, 9.17) is 10.2 Å². The van der Waals surface area contributed by atoms with Gasteiger partial charge in [-0.25, -0.2) is 0 Å². The highest BCUT2D eigenvalue weighted by molar-refractivity contribution is 5.70. The van der Waals surface area contributed by atoms with E-state index in [0.717, 1.165) is 35.8 Å². The minimum Gasteiger partial charge on any atom is -0.467 e. The summed E-state index contributed by atoms with van der Waals surface area (Å²) in [6.45, 7) is 5.79. The fourth-order valence-electron chi connectivity index (χ4n) is 1.90. The van der Waals surface area contributed by atoms with Crippen molar-refractivity contribution in [3.63, 3.8) is 0 Å². The average Bonchev–Trinajstić information content (AvgIpc) is 2.83. The first-order chi connectivity index (χ1) is 8.22. The van der Waals surface area contributed by atoms with Crippen LogP contribution in [0.5, 0.6) is 0 Å². The van der Waals surface area contributed by atoms with E-state index >= 15 is 0 Å². The van der Waals surface area contributed by atoms with Crippen LogP contribution in [0.25, 0.3) is 0 Å². The lowest BCUT2D eigenvalue weighted by Crippen LogP contribution is -2.23. The Bertz CT molecular complexity index is 477. The van der Waals surface area contributed by atoms with Gasteiger partial charge in [-0.3, -0.25) is 0 Å². The maximum atomic E-state index is 6.12. The fraction of sp³-hybridized carbons (Fsp3) is 0.286. The Morgan fingerprint density at radius 3 is 2.71 bits per heavy atom. The second-order valence-corrected chi connectivity index (χ2v) is 4.10. The number of benzene rings is 1. The third kappa shape index (κ3) is 2.44. The van der Waals surface area contributed by atoms with Gasteiger partial charge in [0, 0.05) is 6.54 Å². The molecule has 17 heavy (non-hydrogen) atoms. The second-order valence-electron chi connectivity index (χ2n) is 4.10. The van der Waals surface area contributed by atoms with Gasteiger partial charge in [-0.05, 0) is 37.6 Å². The maximum Gasteiger partial charge on any atom is 0.123 e. The first kappa shape index (κ1) is 11.6. The Hall–Kier alpha value is -1.90. The number of anilines is 2. The van der Waals surface area contributed by atoms with Crippen LogP contribution in [0, 0.1) is 6.92 Å². The van der Waals surface area contributed by atoms with Crippen LogP contribution in [0.4, 0.5) is 11.4 Å². The van der Waals surface area contributed by atoms with Gasteiger partial charge in [0.05, 0.1) is 24.2 Å². The summed E-state index contributed by atoms with van der Waals surface area (Å²) >= 11 is 0. The van der Waals surface area contributed by atoms with Crippen LogP contribution in [0.2, 0.25) is 0 Å². The lowest BCUT2D eigenvalue weighted by Gasteiger charge is -2.24. The van der Waals surface area contributed by atoms with E-state index in [9.17, 15) is 0 Å². The summed E-state index contributed by atoms with van der Waals surface area (Å²) in [5, 5.41) is 0. The number of nitrogen functional groups attached to an aromatic ring is 1. The molecule has 0 aliphatic carbocycles. The molecule has 0 atom stereocenters. The average molecular weight is 230 g/mol. The molecular weight excluding hydrogens is 212 g/mol. The topological polar surface area (TPSA) is 42.4 Å². The van der Waals surface area contributed by atoms with Crippen molar-refractivity contribution in [2.24, 2.45) is 0 Å². The molecule has 0 amide bonds. The molecule has 0 saturated heterocycles. The predicted molar refractivity (Wildman–Crippen MR) is 71.0 cm³/mol. The second kappa shape index (κ2) is 4.95. The highest BCUT2D eigenvalue weighted by Crippen LogP contribution is 2.27. The summed E-state index contributed by atoms with van der Waals surface area (Å²) in [6, 6.07) is 10.00. The molecule has 2 rings (SSSR count). The van der Waals surface area contributed by atoms with Crippen LogP contribution in [-0.4, -0.2) is 6.54 Å². The van der Waals surface area contributed by atoms with E-state index < -0.39 is 0 Å². The van der Waals surface area contributed by atoms with E-state index in [-0.39, 0.29) is 0 Å². The van der Waals surface area contributed by atoms with Crippen LogP contribution in [-0.2, 0) is 6.54 Å². The van der Waals surface area contributed by atoms with Gasteiger partial charge >= 0.3 is 0 Å². The highest BCUT2D eigenvalue weighted by atomic mass is 16.3. The fourth-order valence-corrected chi connectivity index (χ4v) is 1.90. The normalized spacial score (nSPS) is 10.5. The molecule has 2 N–H and O–H groups in total. The Morgan fingerprint density at radius 2 is 2.06 bits per heavy atom. The number of nitrogens with two attached hydrogens (primary N) is 1. The Balaban J connectivity index is 2.26. The van der Waals surface area contributed by atoms with Crippen molar-refractivity contribution in [2.45, 2.75) is 20.4 Å². The Labute approximate surface area is 102 Å². The number of nitrogens with zero attached hydrogens (tertiary/aromatic N) is 1. The van der Waals surface area contributed by atoms with Crippen molar-refractivity contribution < 1.29 is 4.42 Å². The molecule has 0 fully saturated rings. The molecule has 2 aromatic rings. The van der Waals surface area contributed by atoms with Gasteiger partial charge in [0.2, 0.25) is 0 Å². The van der Waals surface area contributed by atoms with Gasteiger partial charge in [-0.1, -0.05) is 12.1 Å². The van der Waals surface area contributed by atoms with Crippen molar-refractivity contribution in [2.75, 3.05) is 17.2 Å². The van der Waals surface area contributed by atoms with Gasteiger partial charge < -0.3 is 15.1 Å². The third-order valence-corrected chi connectivity index (χ3v) is 2.95. The molecule has 1 aromatic carbocycles. The number of hydrogen-bond acceptors (Lipinski definition) is 3. The zero-order chi connectivity index (χ0) is 12.3. The van der Waals surface area contributed by atoms with Crippen LogP contribution in [0.3, 0.4) is 0 Å². The zero-order valence-electron chi connectivity index (χ0n) is 10.3. The summed E-state index contributed by atoms with van der Waals surface area (Å²) in [5.74, 6) is 0.952. The smallest absolute Gasteiger partial charge is 0.123 e. The monoisotopic (exact) mass is 230 g/mol. The largest absolute Gasteiger partial charge is 0.467 e. The molecule has 3 heteroatoms. The molecule has 0 aliphatic heterocycles. The summed E-state index contributed by atoms with van der Waals surface area (Å²) in [7, 11) is 0. The molecule has 0 unspecified atom stereocenters. The summed E-state index contributed by atoms with van der Waals surface area (Å²) in [5.41, 5.74) is 9.15. The molecule has 90 valence electrons. The van der Waals surface area contributed by atoms with E-state index in [1.807, 2.05) is 31.2 Å². The predicted octanol–water partition coefficient (Wildman–Crippen LogP) is 3.20. The van der Waals surface area contributed by atoms with Crippen LogP contribution in [0.1, 0.15) is 18.2 Å². The number of para-hydroxylation sites is 1. The van der Waals surface area contributed by atoms with E-state index in [1.165, 1.54) is 0 Å². The van der Waals surface area contributed by atoms with Gasteiger partial charge in [0.25, 0.3) is 0 Å². The standard InChI is InChI=1S/C14H18N2O/c1-3-16(10-12-7-5-9-17-12)13-8-4-6-11(2)14(13)15/h4-9H,3,10,15H2,1-2H3. The number of hydrogen-bond donors (Lipinski definition) is 1. The molecule has 1 aromatic heterocycles. The highest BCUT2D eigenvalue weighted by Gasteiger charge is 2.10. The lowest BCUT2D eigenvalue weighted by atomic mass is 10.1. The van der Waals surface area contributed by atoms with Crippen molar-refractivity contribution in [3.8, 4) is 0 Å². The van der Waals surface area contributed by atoms with Crippen LogP contribution >= 0.6 is 0 Å². The first-order valence-corrected chi connectivity index (χ1v) is 5.84. The minimum absolute atomic E-state index is 0.747. The van der Waals surface area contributed by atoms with Crippen molar-refractivity contribution in [3.05, 3.63) is 47.9 Å². The van der Waals surface area contributed by atoms with Crippen molar-refractivity contribution in [1.82, 2.24) is 0 Å². The molecule has 0 saturated carbocycles. The van der Waals surface area contributed by atoms with E-state index in [1.54, 1.807) is 6.26 Å². The summed E-state index contributed by atoms with van der Waals surface area (Å²) < 4.78 is 5.37. The lowest BCUT2D eigenvalue weighted by molar-refractivity contribution is 0.504. The number of furan rings is 1. The number of rotatable bonds is 4. The summed E-state index contributed by atoms with van der Waals surface area (Å²) in [4.78, 5) is 2.21. The Kier molecular flexibility index (Phi) is 3.38. The Morgan fingerprint density at radius 1 is 1.24 bits per heavy atom. The minimum atomic E-state index is 0.747. The van der Waals surface area contributed by atoms with Crippen LogP contribution in [0.15, 0.2) is 41.0 Å². The quantitative estimate of drug-likeness (QED) is 0.820. The van der Waals surface area contributed by atoms with Gasteiger partial charge in [0.15, 0.2) is 0 Å². The first-order valence-electron chi connectivity index (χ1n) is 5.84. The van der Waals surface area contributed by atoms with Crippen LogP contribution < -0.4 is 10.6 Å². The van der Waals surface area contributed by atoms with Crippen molar-refractivity contribution >= 4 is 11.4 Å². The molecular formula is C14H18N2O. The number of aryl methyl sites for hydroxylation is 1. The molecule has 0 bridgehead atoms. The van der Waals surface area contributed by atoms with E-state index in [2.05, 4.69) is 17.9 Å². The third-order valence-electron chi connectivity index (χ3n) is 2.95. The molecule has 0 spiro atoms. The molecule has 0 aliphatic rings. The van der Waals surface area contributed by atoms with Crippen molar-refractivity contribution in [1.29, 1.82) is 0 Å². The van der Waals surface area contributed by atoms with Gasteiger partial charge in [-0.2, -0.15) is 0 Å². The molecule has 3 nitrogen and oxygen atoms in total.